The second-order valence-corrected chi connectivity index (χ2v) is 5.61. The van der Waals surface area contributed by atoms with E-state index in [1.807, 2.05) is 0 Å². The van der Waals surface area contributed by atoms with Crippen molar-refractivity contribution in [2.24, 2.45) is 17.6 Å². The molecule has 1 rings (SSSR count). The zero-order valence-corrected chi connectivity index (χ0v) is 10.5. The van der Waals surface area contributed by atoms with Crippen molar-refractivity contribution in [2.75, 3.05) is 6.54 Å². The molecule has 17 heavy (non-hydrogen) atoms. The molecule has 1 fully saturated rings. The molecule has 0 aromatic heterocycles. The first-order valence-electron chi connectivity index (χ1n) is 6.08. The van der Waals surface area contributed by atoms with Gasteiger partial charge in [0.05, 0.1) is 5.92 Å². The van der Waals surface area contributed by atoms with Gasteiger partial charge in [0.1, 0.15) is 0 Å². The quantitative estimate of drug-likeness (QED) is 0.662. The van der Waals surface area contributed by atoms with Gasteiger partial charge >= 0.3 is 5.97 Å². The SMILES string of the molecule is CC(C)(N)CC(=O)NCC1CCCC1C(=O)O. The van der Waals surface area contributed by atoms with E-state index in [0.717, 1.165) is 19.3 Å². The van der Waals surface area contributed by atoms with Gasteiger partial charge in [-0.3, -0.25) is 9.59 Å². The van der Waals surface area contributed by atoms with E-state index in [2.05, 4.69) is 5.32 Å². The van der Waals surface area contributed by atoms with Gasteiger partial charge in [-0.05, 0) is 32.6 Å². The van der Waals surface area contributed by atoms with E-state index in [1.165, 1.54) is 0 Å². The van der Waals surface area contributed by atoms with Crippen LogP contribution in [-0.2, 0) is 9.59 Å². The first-order chi connectivity index (χ1) is 7.79. The van der Waals surface area contributed by atoms with Crippen LogP contribution in [0.5, 0.6) is 0 Å². The smallest absolute Gasteiger partial charge is 0.306 e. The van der Waals surface area contributed by atoms with Crippen LogP contribution in [0.15, 0.2) is 0 Å². The van der Waals surface area contributed by atoms with Gasteiger partial charge in [0.15, 0.2) is 0 Å². The van der Waals surface area contributed by atoms with E-state index in [1.54, 1.807) is 13.8 Å². The molecule has 2 unspecified atom stereocenters. The number of nitrogens with one attached hydrogen (secondary N) is 1. The normalized spacial score (nSPS) is 24.6. The van der Waals surface area contributed by atoms with Crippen LogP contribution < -0.4 is 11.1 Å². The fraction of sp³-hybridized carbons (Fsp3) is 0.833. The molecule has 0 spiro atoms. The lowest BCUT2D eigenvalue weighted by atomic mass is 9.96. The molecule has 98 valence electrons. The largest absolute Gasteiger partial charge is 0.481 e. The van der Waals surface area contributed by atoms with E-state index in [4.69, 9.17) is 10.8 Å². The first kappa shape index (κ1) is 14.0. The lowest BCUT2D eigenvalue weighted by molar-refractivity contribution is -0.143. The number of amides is 1. The topological polar surface area (TPSA) is 92.4 Å². The zero-order chi connectivity index (χ0) is 13.1. The van der Waals surface area contributed by atoms with E-state index in [-0.39, 0.29) is 24.2 Å². The minimum Gasteiger partial charge on any atom is -0.481 e. The van der Waals surface area contributed by atoms with Crippen LogP contribution in [0.1, 0.15) is 39.5 Å². The monoisotopic (exact) mass is 242 g/mol. The molecule has 5 heteroatoms. The van der Waals surface area contributed by atoms with Crippen molar-refractivity contribution in [3.8, 4) is 0 Å². The van der Waals surface area contributed by atoms with Crippen LogP contribution >= 0.6 is 0 Å². The highest BCUT2D eigenvalue weighted by Crippen LogP contribution is 2.31. The Hall–Kier alpha value is -1.10. The third-order valence-corrected chi connectivity index (χ3v) is 3.15. The minimum absolute atomic E-state index is 0.0670. The fourth-order valence-electron chi connectivity index (χ4n) is 2.33. The Kier molecular flexibility index (Phi) is 4.51. The molecule has 0 saturated heterocycles. The highest BCUT2D eigenvalue weighted by atomic mass is 16.4. The molecule has 1 saturated carbocycles. The summed E-state index contributed by atoms with van der Waals surface area (Å²) in [6.07, 6.45) is 2.79. The van der Waals surface area contributed by atoms with Crippen molar-refractivity contribution in [1.82, 2.24) is 5.32 Å². The predicted molar refractivity (Wildman–Crippen MR) is 64.4 cm³/mol. The molecule has 1 aliphatic carbocycles. The van der Waals surface area contributed by atoms with Gasteiger partial charge in [-0.1, -0.05) is 6.42 Å². The Morgan fingerprint density at radius 3 is 2.59 bits per heavy atom. The average Bonchev–Trinajstić information content (AvgIpc) is 2.59. The highest BCUT2D eigenvalue weighted by molar-refractivity contribution is 5.77. The van der Waals surface area contributed by atoms with Crippen LogP contribution in [-0.4, -0.2) is 29.1 Å². The van der Waals surface area contributed by atoms with E-state index in [0.29, 0.717) is 6.54 Å². The Morgan fingerprint density at radius 1 is 1.41 bits per heavy atom. The summed E-state index contributed by atoms with van der Waals surface area (Å²) in [5.74, 6) is -1.09. The van der Waals surface area contributed by atoms with Crippen LogP contribution in [0.4, 0.5) is 0 Å². The lowest BCUT2D eigenvalue weighted by Crippen LogP contribution is -2.41. The van der Waals surface area contributed by atoms with E-state index < -0.39 is 11.5 Å². The van der Waals surface area contributed by atoms with Gasteiger partial charge < -0.3 is 16.2 Å². The van der Waals surface area contributed by atoms with Gasteiger partial charge in [0, 0.05) is 18.5 Å². The van der Waals surface area contributed by atoms with Crippen LogP contribution in [0.3, 0.4) is 0 Å². The van der Waals surface area contributed by atoms with Crippen LogP contribution in [0.25, 0.3) is 0 Å². The van der Waals surface area contributed by atoms with Crippen LogP contribution in [0, 0.1) is 11.8 Å². The molecule has 0 aromatic rings. The summed E-state index contributed by atoms with van der Waals surface area (Å²) in [5, 5.41) is 11.8. The molecule has 0 radical (unpaired) electrons. The molecule has 1 amide bonds. The average molecular weight is 242 g/mol. The number of hydrogen-bond donors (Lipinski definition) is 3. The summed E-state index contributed by atoms with van der Waals surface area (Å²) in [7, 11) is 0. The summed E-state index contributed by atoms with van der Waals surface area (Å²) < 4.78 is 0. The van der Waals surface area contributed by atoms with Gasteiger partial charge in [0.25, 0.3) is 0 Å². The molecule has 2 atom stereocenters. The minimum atomic E-state index is -0.749. The number of nitrogens with two attached hydrogens (primary N) is 1. The van der Waals surface area contributed by atoms with Gasteiger partial charge in [-0.15, -0.1) is 0 Å². The van der Waals surface area contributed by atoms with E-state index >= 15 is 0 Å². The Labute approximate surface area is 102 Å². The van der Waals surface area contributed by atoms with Gasteiger partial charge in [-0.2, -0.15) is 0 Å². The number of carbonyl (C=O) groups excluding carboxylic acids is 1. The number of rotatable bonds is 5. The third kappa shape index (κ3) is 4.73. The van der Waals surface area contributed by atoms with Crippen molar-refractivity contribution in [3.63, 3.8) is 0 Å². The molecule has 0 aromatic carbocycles. The fourth-order valence-corrected chi connectivity index (χ4v) is 2.33. The third-order valence-electron chi connectivity index (χ3n) is 3.15. The molecule has 1 aliphatic rings. The van der Waals surface area contributed by atoms with Crippen molar-refractivity contribution in [3.05, 3.63) is 0 Å². The number of aliphatic carboxylic acids is 1. The van der Waals surface area contributed by atoms with Crippen molar-refractivity contribution >= 4 is 11.9 Å². The maximum atomic E-state index is 11.6. The molecule has 5 nitrogen and oxygen atoms in total. The summed E-state index contributed by atoms with van der Waals surface area (Å²) in [5.41, 5.74) is 5.22. The first-order valence-corrected chi connectivity index (χ1v) is 6.08. The molecule has 0 bridgehead atoms. The standard InChI is InChI=1S/C12H22N2O3/c1-12(2,13)6-10(15)14-7-8-4-3-5-9(8)11(16)17/h8-9H,3-7,13H2,1-2H3,(H,14,15)(H,16,17). The molecule has 0 heterocycles. The van der Waals surface area contributed by atoms with Crippen LogP contribution in [0.2, 0.25) is 0 Å². The number of carboxylic acids is 1. The molecular weight excluding hydrogens is 220 g/mol. The number of carbonyl (C=O) groups is 2. The molecule has 0 aliphatic heterocycles. The Morgan fingerprint density at radius 2 is 2.06 bits per heavy atom. The number of carboxylic acid groups (broad SMARTS) is 1. The molecule has 4 N–H and O–H groups in total. The van der Waals surface area contributed by atoms with Crippen molar-refractivity contribution < 1.29 is 14.7 Å². The number of hydrogen-bond acceptors (Lipinski definition) is 3. The predicted octanol–water partition coefficient (Wildman–Crippen LogP) is 0.731. The Bertz CT molecular complexity index is 297. The summed E-state index contributed by atoms with van der Waals surface area (Å²) in [6.45, 7) is 4.04. The zero-order valence-electron chi connectivity index (χ0n) is 10.5. The second kappa shape index (κ2) is 5.49. The van der Waals surface area contributed by atoms with Crippen molar-refractivity contribution in [2.45, 2.75) is 45.1 Å². The molecular formula is C12H22N2O3. The Balaban J connectivity index is 2.35. The maximum absolute atomic E-state index is 11.6. The maximum Gasteiger partial charge on any atom is 0.306 e. The summed E-state index contributed by atoms with van der Waals surface area (Å²) in [4.78, 5) is 22.5. The van der Waals surface area contributed by atoms with Gasteiger partial charge in [-0.25, -0.2) is 0 Å². The highest BCUT2D eigenvalue weighted by Gasteiger charge is 2.33. The van der Waals surface area contributed by atoms with Crippen molar-refractivity contribution in [1.29, 1.82) is 0 Å². The second-order valence-electron chi connectivity index (χ2n) is 5.61. The summed E-state index contributed by atoms with van der Waals surface area (Å²) >= 11 is 0. The van der Waals surface area contributed by atoms with Gasteiger partial charge in [0.2, 0.25) is 5.91 Å². The summed E-state index contributed by atoms with van der Waals surface area (Å²) in [6, 6.07) is 0. The van der Waals surface area contributed by atoms with E-state index in [9.17, 15) is 9.59 Å². The lowest BCUT2D eigenvalue weighted by Gasteiger charge is -2.20.